The number of likely N-dealkylation sites (tertiary alicyclic amines) is 1. The minimum absolute atomic E-state index is 0.0377. The van der Waals surface area contributed by atoms with Crippen LogP contribution >= 0.6 is 0 Å². The number of aromatic amines is 1. The number of nitrogens with zero attached hydrogens (tertiary/aromatic N) is 3. The minimum Gasteiger partial charge on any atom is -0.370 e. The van der Waals surface area contributed by atoms with Crippen molar-refractivity contribution in [1.29, 1.82) is 0 Å². The Hall–Kier alpha value is -2.93. The molecule has 146 valence electrons. The number of imidazole rings is 1. The zero-order valence-electron chi connectivity index (χ0n) is 16.0. The third kappa shape index (κ3) is 4.48. The largest absolute Gasteiger partial charge is 0.370 e. The number of piperidine rings is 1. The predicted octanol–water partition coefficient (Wildman–Crippen LogP) is 3.16. The van der Waals surface area contributed by atoms with Gasteiger partial charge in [0.05, 0.1) is 36.0 Å². The first-order valence-corrected chi connectivity index (χ1v) is 9.67. The number of fused-ring (bicyclic) bond motifs is 1. The fourth-order valence-corrected chi connectivity index (χ4v) is 3.48. The Morgan fingerprint density at radius 3 is 3.14 bits per heavy atom. The highest BCUT2D eigenvalue weighted by molar-refractivity contribution is 5.76. The fourth-order valence-electron chi connectivity index (χ4n) is 3.48. The number of aryl methyl sites for hydroxylation is 1. The van der Waals surface area contributed by atoms with Crippen LogP contribution in [-0.2, 0) is 17.9 Å². The van der Waals surface area contributed by atoms with Crippen LogP contribution in [0, 0.1) is 6.92 Å². The molecule has 1 aliphatic rings. The first-order valence-electron chi connectivity index (χ1n) is 9.67. The molecule has 0 radical (unpaired) electrons. The number of hydrogen-bond acceptors (Lipinski definition) is 4. The van der Waals surface area contributed by atoms with Gasteiger partial charge in [0.15, 0.2) is 0 Å². The molecule has 0 bridgehead atoms. The molecule has 2 N–H and O–H groups in total. The Bertz CT molecular complexity index is 940. The Morgan fingerprint density at radius 2 is 2.29 bits per heavy atom. The van der Waals surface area contributed by atoms with Crippen molar-refractivity contribution < 1.29 is 9.53 Å². The van der Waals surface area contributed by atoms with Crippen molar-refractivity contribution in [2.24, 2.45) is 0 Å². The summed E-state index contributed by atoms with van der Waals surface area (Å²) in [6.07, 6.45) is 3.69. The summed E-state index contributed by atoms with van der Waals surface area (Å²) in [5.74, 6) is 0.758. The molecule has 0 unspecified atom stereocenters. The first kappa shape index (κ1) is 18.4. The van der Waals surface area contributed by atoms with Crippen LogP contribution in [0.15, 0.2) is 42.6 Å². The third-order valence-electron chi connectivity index (χ3n) is 4.95. The molecular formula is C21H25N5O2. The van der Waals surface area contributed by atoms with Gasteiger partial charge in [-0.15, -0.1) is 0 Å². The molecule has 1 fully saturated rings. The second-order valence-electron chi connectivity index (χ2n) is 7.21. The maximum atomic E-state index is 12.6. The van der Waals surface area contributed by atoms with E-state index in [1.807, 2.05) is 42.2 Å². The molecule has 7 heteroatoms. The Morgan fingerprint density at radius 1 is 1.36 bits per heavy atom. The van der Waals surface area contributed by atoms with Crippen molar-refractivity contribution in [2.45, 2.75) is 39.0 Å². The number of rotatable bonds is 5. The molecule has 0 spiro atoms. The van der Waals surface area contributed by atoms with Crippen molar-refractivity contribution in [3.63, 3.8) is 0 Å². The lowest BCUT2D eigenvalue weighted by molar-refractivity contribution is -0.00169. The van der Waals surface area contributed by atoms with E-state index in [0.717, 1.165) is 41.9 Å². The van der Waals surface area contributed by atoms with E-state index in [1.54, 1.807) is 6.20 Å². The smallest absolute Gasteiger partial charge is 0.317 e. The van der Waals surface area contributed by atoms with Gasteiger partial charge in [0.25, 0.3) is 0 Å². The van der Waals surface area contributed by atoms with Gasteiger partial charge in [-0.1, -0.05) is 12.1 Å². The maximum absolute atomic E-state index is 12.6. The van der Waals surface area contributed by atoms with E-state index in [2.05, 4.69) is 26.3 Å². The summed E-state index contributed by atoms with van der Waals surface area (Å²) in [5.41, 5.74) is 3.99. The maximum Gasteiger partial charge on any atom is 0.317 e. The number of carbonyl (C=O) groups is 1. The van der Waals surface area contributed by atoms with Crippen LogP contribution in [0.2, 0.25) is 0 Å². The summed E-state index contributed by atoms with van der Waals surface area (Å²) in [5, 5.41) is 2.96. The number of nitrogens with one attached hydrogen (secondary N) is 2. The Labute approximate surface area is 164 Å². The summed E-state index contributed by atoms with van der Waals surface area (Å²) in [4.78, 5) is 26.5. The SMILES string of the molecule is Cc1ccc2nc(CNC(=O)N3CCC[C@H](OCc4ccccn4)C3)[nH]c2c1. The quantitative estimate of drug-likeness (QED) is 0.713. The van der Waals surface area contributed by atoms with Gasteiger partial charge in [-0.3, -0.25) is 4.98 Å². The fraction of sp³-hybridized carbons (Fsp3) is 0.381. The van der Waals surface area contributed by atoms with Gasteiger partial charge in [0, 0.05) is 19.3 Å². The lowest BCUT2D eigenvalue weighted by Gasteiger charge is -2.32. The third-order valence-corrected chi connectivity index (χ3v) is 4.95. The number of carbonyl (C=O) groups excluding carboxylic acids is 1. The number of aromatic nitrogens is 3. The second kappa shape index (κ2) is 8.39. The summed E-state index contributed by atoms with van der Waals surface area (Å²) in [7, 11) is 0. The molecule has 1 aliphatic heterocycles. The van der Waals surface area contributed by atoms with Gasteiger partial charge in [-0.25, -0.2) is 9.78 Å². The molecule has 3 heterocycles. The highest BCUT2D eigenvalue weighted by Crippen LogP contribution is 2.16. The van der Waals surface area contributed by atoms with Crippen molar-refractivity contribution in [1.82, 2.24) is 25.2 Å². The topological polar surface area (TPSA) is 83.1 Å². The van der Waals surface area contributed by atoms with Crippen LogP contribution in [0.3, 0.4) is 0 Å². The lowest BCUT2D eigenvalue weighted by atomic mass is 10.1. The van der Waals surface area contributed by atoms with Crippen LogP contribution in [0.4, 0.5) is 4.79 Å². The number of urea groups is 1. The van der Waals surface area contributed by atoms with E-state index >= 15 is 0 Å². The van der Waals surface area contributed by atoms with Crippen LogP contribution in [0.1, 0.15) is 29.9 Å². The standard InChI is InChI=1S/C21H25N5O2/c1-15-7-8-18-19(11-15)25-20(24-18)12-23-21(27)26-10-4-6-17(13-26)28-14-16-5-2-3-9-22-16/h2-3,5,7-9,11,17H,4,6,10,12-14H2,1H3,(H,23,27)(H,24,25)/t17-/m0/s1. The van der Waals surface area contributed by atoms with Crippen molar-refractivity contribution in [3.05, 3.63) is 59.7 Å². The van der Waals surface area contributed by atoms with Gasteiger partial charge >= 0.3 is 6.03 Å². The molecule has 1 atom stereocenters. The number of amides is 2. The lowest BCUT2D eigenvalue weighted by Crippen LogP contribution is -2.47. The molecule has 1 saturated heterocycles. The van der Waals surface area contributed by atoms with Crippen LogP contribution in [0.25, 0.3) is 11.0 Å². The van der Waals surface area contributed by atoms with Crippen LogP contribution < -0.4 is 5.32 Å². The molecule has 4 rings (SSSR count). The Balaban J connectivity index is 1.28. The average Bonchev–Trinajstić information content (AvgIpc) is 3.13. The van der Waals surface area contributed by atoms with Gasteiger partial charge < -0.3 is 19.9 Å². The molecule has 28 heavy (non-hydrogen) atoms. The van der Waals surface area contributed by atoms with E-state index in [4.69, 9.17) is 4.74 Å². The normalized spacial score (nSPS) is 17.0. The van der Waals surface area contributed by atoms with Gasteiger partial charge in [0.1, 0.15) is 5.82 Å². The second-order valence-corrected chi connectivity index (χ2v) is 7.21. The summed E-state index contributed by atoms with van der Waals surface area (Å²) >= 11 is 0. The Kier molecular flexibility index (Phi) is 5.53. The zero-order chi connectivity index (χ0) is 19.3. The number of hydrogen-bond donors (Lipinski definition) is 2. The number of H-pyrrole nitrogens is 1. The summed E-state index contributed by atoms with van der Waals surface area (Å²) in [6, 6.07) is 11.8. The molecular weight excluding hydrogens is 354 g/mol. The predicted molar refractivity (Wildman–Crippen MR) is 107 cm³/mol. The van der Waals surface area contributed by atoms with Gasteiger partial charge in [-0.05, 0) is 49.6 Å². The summed E-state index contributed by atoms with van der Waals surface area (Å²) in [6.45, 7) is 4.24. The first-order chi connectivity index (χ1) is 13.7. The highest BCUT2D eigenvalue weighted by atomic mass is 16.5. The average molecular weight is 379 g/mol. The number of benzene rings is 1. The van der Waals surface area contributed by atoms with E-state index in [9.17, 15) is 4.79 Å². The van der Waals surface area contributed by atoms with Gasteiger partial charge in [0.2, 0.25) is 0 Å². The molecule has 7 nitrogen and oxygen atoms in total. The number of pyridine rings is 1. The van der Waals surface area contributed by atoms with E-state index in [1.165, 1.54) is 5.56 Å². The zero-order valence-corrected chi connectivity index (χ0v) is 16.0. The monoisotopic (exact) mass is 379 g/mol. The molecule has 2 amide bonds. The van der Waals surface area contributed by atoms with Crippen molar-refractivity contribution in [2.75, 3.05) is 13.1 Å². The molecule has 0 saturated carbocycles. The van der Waals surface area contributed by atoms with E-state index in [0.29, 0.717) is 19.7 Å². The van der Waals surface area contributed by atoms with Crippen molar-refractivity contribution >= 4 is 17.1 Å². The number of ether oxygens (including phenoxy) is 1. The minimum atomic E-state index is -0.0808. The van der Waals surface area contributed by atoms with Crippen LogP contribution in [0.5, 0.6) is 0 Å². The van der Waals surface area contributed by atoms with Crippen LogP contribution in [-0.4, -0.2) is 45.1 Å². The van der Waals surface area contributed by atoms with Gasteiger partial charge in [-0.2, -0.15) is 0 Å². The van der Waals surface area contributed by atoms with Crippen molar-refractivity contribution in [3.8, 4) is 0 Å². The highest BCUT2D eigenvalue weighted by Gasteiger charge is 2.24. The summed E-state index contributed by atoms with van der Waals surface area (Å²) < 4.78 is 5.96. The molecule has 1 aromatic carbocycles. The van der Waals surface area contributed by atoms with E-state index < -0.39 is 0 Å². The molecule has 0 aliphatic carbocycles. The molecule has 3 aromatic rings. The molecule has 2 aromatic heterocycles. The van der Waals surface area contributed by atoms with E-state index in [-0.39, 0.29) is 12.1 Å².